The molecule has 27 heavy (non-hydrogen) atoms. The molecule has 0 aliphatic heterocycles. The molecule has 0 fully saturated rings. The fraction of sp³-hybridized carbons (Fsp3) is 0.222. The van der Waals surface area contributed by atoms with Crippen molar-refractivity contribution in [1.29, 1.82) is 0 Å². The Morgan fingerprint density at radius 1 is 1.19 bits per heavy atom. The highest BCUT2D eigenvalue weighted by Crippen LogP contribution is 2.10. The van der Waals surface area contributed by atoms with Gasteiger partial charge < -0.3 is 14.7 Å². The number of hydroxylamine groups is 1. The van der Waals surface area contributed by atoms with Crippen molar-refractivity contribution in [2.24, 2.45) is 0 Å². The number of aryl methyl sites for hydroxylation is 1. The maximum absolute atomic E-state index is 12.6. The fourth-order valence-electron chi connectivity index (χ4n) is 2.24. The highest BCUT2D eigenvalue weighted by atomic mass is 16.5. The first-order valence-electron chi connectivity index (χ1n) is 7.85. The second-order valence-electron chi connectivity index (χ2n) is 5.53. The van der Waals surface area contributed by atoms with Crippen LogP contribution < -0.4 is 10.8 Å². The Labute approximate surface area is 155 Å². The average Bonchev–Trinajstić information content (AvgIpc) is 3.10. The highest BCUT2D eigenvalue weighted by molar-refractivity contribution is 6.08. The zero-order valence-electron chi connectivity index (χ0n) is 14.9. The minimum absolute atomic E-state index is 0.254. The number of likely N-dealkylation sites (N-methyl/N-ethyl adjacent to an activating group) is 2. The highest BCUT2D eigenvalue weighted by Gasteiger charge is 2.33. The van der Waals surface area contributed by atoms with E-state index in [2.05, 4.69) is 22.3 Å². The van der Waals surface area contributed by atoms with Crippen LogP contribution >= 0.6 is 0 Å². The van der Waals surface area contributed by atoms with Gasteiger partial charge in [0.1, 0.15) is 5.76 Å². The molecule has 0 radical (unpaired) electrons. The van der Waals surface area contributed by atoms with E-state index in [9.17, 15) is 14.4 Å². The van der Waals surface area contributed by atoms with Gasteiger partial charge in [-0.2, -0.15) is 0 Å². The van der Waals surface area contributed by atoms with Crippen LogP contribution in [0.15, 0.2) is 35.0 Å². The van der Waals surface area contributed by atoms with Gasteiger partial charge in [0, 0.05) is 25.2 Å². The summed E-state index contributed by atoms with van der Waals surface area (Å²) in [4.78, 5) is 37.1. The van der Waals surface area contributed by atoms with Crippen molar-refractivity contribution < 1.29 is 24.1 Å². The van der Waals surface area contributed by atoms with Crippen molar-refractivity contribution in [3.63, 3.8) is 0 Å². The third-order valence-electron chi connectivity index (χ3n) is 3.79. The van der Waals surface area contributed by atoms with E-state index >= 15 is 0 Å². The maximum Gasteiger partial charge on any atom is 0.275 e. The van der Waals surface area contributed by atoms with Crippen molar-refractivity contribution in [2.45, 2.75) is 13.0 Å². The topological polar surface area (TPSA) is 125 Å². The smallest absolute Gasteiger partial charge is 0.275 e. The van der Waals surface area contributed by atoms with Crippen LogP contribution in [-0.2, 0) is 9.59 Å². The number of nitrogens with zero attached hydrogens (tertiary/aromatic N) is 2. The van der Waals surface area contributed by atoms with E-state index in [4.69, 9.17) is 9.73 Å². The molecule has 2 rings (SSSR count). The van der Waals surface area contributed by atoms with E-state index in [1.54, 1.807) is 19.1 Å². The van der Waals surface area contributed by atoms with Gasteiger partial charge in [-0.3, -0.25) is 19.6 Å². The molecule has 0 spiro atoms. The summed E-state index contributed by atoms with van der Waals surface area (Å²) in [5.41, 5.74) is 2.96. The summed E-state index contributed by atoms with van der Waals surface area (Å²) >= 11 is 0. The molecule has 9 nitrogen and oxygen atoms in total. The Morgan fingerprint density at radius 3 is 2.37 bits per heavy atom. The normalized spacial score (nSPS) is 11.0. The van der Waals surface area contributed by atoms with E-state index in [0.717, 1.165) is 4.90 Å². The third-order valence-corrected chi connectivity index (χ3v) is 3.79. The van der Waals surface area contributed by atoms with Crippen LogP contribution in [0, 0.1) is 18.8 Å². The number of rotatable bonds is 4. The molecule has 140 valence electrons. The van der Waals surface area contributed by atoms with Gasteiger partial charge in [-0.25, -0.2) is 5.48 Å². The number of carbonyl (C=O) groups is 3. The number of nitrogens with one attached hydrogen (secondary N) is 2. The van der Waals surface area contributed by atoms with E-state index in [1.807, 2.05) is 0 Å². The van der Waals surface area contributed by atoms with Crippen LogP contribution in [0.4, 0.5) is 0 Å². The van der Waals surface area contributed by atoms with Gasteiger partial charge in [-0.05, 0) is 31.2 Å². The van der Waals surface area contributed by atoms with E-state index in [0.29, 0.717) is 16.9 Å². The SMILES string of the molecule is CNC(=O)C(C(=O)NO)N(C)C(=O)c1ccc(C#Cc2cnoc2C)cc1. The molecule has 1 aromatic carbocycles. The molecule has 3 N–H and O–H groups in total. The zero-order chi connectivity index (χ0) is 20.0. The average molecular weight is 370 g/mol. The molecule has 0 bridgehead atoms. The Morgan fingerprint density at radius 2 is 1.85 bits per heavy atom. The van der Waals surface area contributed by atoms with Gasteiger partial charge in [0.2, 0.25) is 0 Å². The minimum atomic E-state index is -1.51. The summed E-state index contributed by atoms with van der Waals surface area (Å²) in [6, 6.07) is 4.82. The number of hydrogen-bond acceptors (Lipinski definition) is 6. The maximum atomic E-state index is 12.6. The van der Waals surface area contributed by atoms with Crippen LogP contribution in [0.25, 0.3) is 0 Å². The van der Waals surface area contributed by atoms with Crippen molar-refractivity contribution in [3.05, 3.63) is 52.9 Å². The number of aromatic nitrogens is 1. The van der Waals surface area contributed by atoms with E-state index in [-0.39, 0.29) is 5.56 Å². The second kappa shape index (κ2) is 8.64. The summed E-state index contributed by atoms with van der Waals surface area (Å²) in [7, 11) is 2.61. The van der Waals surface area contributed by atoms with Crippen molar-refractivity contribution >= 4 is 17.7 Å². The van der Waals surface area contributed by atoms with Crippen LogP contribution in [0.3, 0.4) is 0 Å². The van der Waals surface area contributed by atoms with Gasteiger partial charge in [0.25, 0.3) is 17.7 Å². The number of benzene rings is 1. The van der Waals surface area contributed by atoms with Gasteiger partial charge in [-0.1, -0.05) is 17.0 Å². The van der Waals surface area contributed by atoms with E-state index in [1.165, 1.54) is 37.9 Å². The van der Waals surface area contributed by atoms with Crippen LogP contribution in [-0.4, -0.2) is 53.1 Å². The van der Waals surface area contributed by atoms with E-state index < -0.39 is 23.8 Å². The lowest BCUT2D eigenvalue weighted by atomic mass is 10.1. The number of amides is 3. The fourth-order valence-corrected chi connectivity index (χ4v) is 2.24. The predicted molar refractivity (Wildman–Crippen MR) is 93.5 cm³/mol. The molecule has 1 heterocycles. The first-order valence-corrected chi connectivity index (χ1v) is 7.85. The zero-order valence-corrected chi connectivity index (χ0v) is 14.9. The number of hydrogen-bond donors (Lipinski definition) is 3. The van der Waals surface area contributed by atoms with Crippen molar-refractivity contribution in [1.82, 2.24) is 20.9 Å². The van der Waals surface area contributed by atoms with Crippen LogP contribution in [0.5, 0.6) is 0 Å². The molecule has 1 atom stereocenters. The molecule has 0 aliphatic rings. The Balaban J connectivity index is 2.19. The number of carbonyl (C=O) groups excluding carboxylic acids is 3. The molecular weight excluding hydrogens is 352 g/mol. The summed E-state index contributed by atoms with van der Waals surface area (Å²) in [6.07, 6.45) is 1.51. The predicted octanol–water partition coefficient (Wildman–Crippen LogP) is 0.0748. The first-order chi connectivity index (χ1) is 12.9. The molecule has 0 saturated heterocycles. The standard InChI is InChI=1S/C18H18N4O5/c1-11-14(10-20-27-11)9-6-12-4-7-13(8-5-12)18(25)22(3)15(16(23)19-2)17(24)21-26/h4-5,7-8,10,15,26H,1-3H3,(H,19,23)(H,21,24). The van der Waals surface area contributed by atoms with Gasteiger partial charge in [0.05, 0.1) is 11.8 Å². The lowest BCUT2D eigenvalue weighted by Crippen LogP contribution is -2.54. The minimum Gasteiger partial charge on any atom is -0.360 e. The summed E-state index contributed by atoms with van der Waals surface area (Å²) in [6.45, 7) is 1.75. The quantitative estimate of drug-likeness (QED) is 0.303. The Hall–Kier alpha value is -3.64. The molecule has 3 amide bonds. The molecular formula is C18H18N4O5. The molecule has 2 aromatic rings. The molecule has 0 aliphatic carbocycles. The largest absolute Gasteiger partial charge is 0.360 e. The first kappa shape index (κ1) is 19.7. The monoisotopic (exact) mass is 370 g/mol. The van der Waals surface area contributed by atoms with Crippen LogP contribution in [0.2, 0.25) is 0 Å². The molecule has 1 aromatic heterocycles. The van der Waals surface area contributed by atoms with Gasteiger partial charge in [-0.15, -0.1) is 0 Å². The third kappa shape index (κ3) is 4.50. The Bertz CT molecular complexity index is 892. The second-order valence-corrected chi connectivity index (χ2v) is 5.53. The molecule has 9 heteroatoms. The lowest BCUT2D eigenvalue weighted by Gasteiger charge is -2.25. The van der Waals surface area contributed by atoms with Crippen molar-refractivity contribution in [3.8, 4) is 11.8 Å². The summed E-state index contributed by atoms with van der Waals surface area (Å²) in [5, 5.41) is 14.7. The van der Waals surface area contributed by atoms with Gasteiger partial charge in [0.15, 0.2) is 6.04 Å². The lowest BCUT2D eigenvalue weighted by molar-refractivity contribution is -0.140. The van der Waals surface area contributed by atoms with Crippen LogP contribution in [0.1, 0.15) is 27.2 Å². The Kier molecular flexibility index (Phi) is 6.30. The molecule has 0 saturated carbocycles. The summed E-state index contributed by atoms with van der Waals surface area (Å²) < 4.78 is 4.92. The van der Waals surface area contributed by atoms with Crippen molar-refractivity contribution in [2.75, 3.05) is 14.1 Å². The van der Waals surface area contributed by atoms with Gasteiger partial charge >= 0.3 is 0 Å². The summed E-state index contributed by atoms with van der Waals surface area (Å²) in [5.74, 6) is 4.13. The molecule has 1 unspecified atom stereocenters.